The summed E-state index contributed by atoms with van der Waals surface area (Å²) < 4.78 is 106. The number of nitro groups is 1. The molecular weight excluding hydrogens is 512 g/mol. The van der Waals surface area contributed by atoms with Crippen LogP contribution in [0.25, 0.3) is 11.0 Å². The molecular formula is C15H6BrF6N3O4S. The van der Waals surface area contributed by atoms with Crippen LogP contribution in [0.5, 0.6) is 0 Å². The fourth-order valence-electron chi connectivity index (χ4n) is 2.60. The van der Waals surface area contributed by atoms with Crippen LogP contribution >= 0.6 is 15.9 Å². The first-order valence-electron chi connectivity index (χ1n) is 7.50. The molecule has 0 amide bonds. The van der Waals surface area contributed by atoms with E-state index < -0.39 is 64.3 Å². The van der Waals surface area contributed by atoms with Gasteiger partial charge in [0, 0.05) is 10.5 Å². The van der Waals surface area contributed by atoms with Crippen LogP contribution in [-0.2, 0) is 22.4 Å². The average Bonchev–Trinajstić information content (AvgIpc) is 3.00. The predicted molar refractivity (Wildman–Crippen MR) is 93.1 cm³/mol. The molecule has 0 bridgehead atoms. The molecule has 0 aliphatic rings. The van der Waals surface area contributed by atoms with Gasteiger partial charge in [-0.3, -0.25) is 10.1 Å². The molecule has 0 saturated carbocycles. The highest BCUT2D eigenvalue weighted by Gasteiger charge is 2.44. The third-order valence-electron chi connectivity index (χ3n) is 3.81. The maximum Gasteiger partial charge on any atom is 0.450 e. The van der Waals surface area contributed by atoms with Crippen molar-refractivity contribution in [1.29, 1.82) is 0 Å². The molecule has 0 N–H and O–H groups in total. The summed E-state index contributed by atoms with van der Waals surface area (Å²) in [5.74, 6) is -2.13. The number of imidazole rings is 1. The quantitative estimate of drug-likeness (QED) is 0.277. The molecule has 0 atom stereocenters. The van der Waals surface area contributed by atoms with Crippen LogP contribution in [0, 0.1) is 10.1 Å². The minimum atomic E-state index is -5.45. The Kier molecular flexibility index (Phi) is 5.09. The molecule has 0 unspecified atom stereocenters. The van der Waals surface area contributed by atoms with Crippen molar-refractivity contribution in [2.24, 2.45) is 0 Å². The zero-order valence-electron chi connectivity index (χ0n) is 14.0. The van der Waals surface area contributed by atoms with Crippen LogP contribution in [0.2, 0.25) is 0 Å². The van der Waals surface area contributed by atoms with Crippen molar-refractivity contribution < 1.29 is 39.7 Å². The Morgan fingerprint density at radius 3 is 2.17 bits per heavy atom. The Morgan fingerprint density at radius 1 is 1.03 bits per heavy atom. The van der Waals surface area contributed by atoms with Gasteiger partial charge in [0.1, 0.15) is 0 Å². The van der Waals surface area contributed by atoms with Gasteiger partial charge in [0.15, 0.2) is 5.52 Å². The zero-order valence-corrected chi connectivity index (χ0v) is 16.4. The Morgan fingerprint density at radius 2 is 1.67 bits per heavy atom. The van der Waals surface area contributed by atoms with Crippen LogP contribution in [0.1, 0.15) is 11.4 Å². The van der Waals surface area contributed by atoms with E-state index in [-0.39, 0.29) is 16.6 Å². The van der Waals surface area contributed by atoms with Crippen LogP contribution in [0.15, 0.2) is 45.8 Å². The number of hydrogen-bond donors (Lipinski definition) is 0. The van der Waals surface area contributed by atoms with Gasteiger partial charge in [0.25, 0.3) is 15.7 Å². The fourth-order valence-corrected chi connectivity index (χ4v) is 4.65. The summed E-state index contributed by atoms with van der Waals surface area (Å²) in [6.07, 6.45) is -10.7. The van der Waals surface area contributed by atoms with Crippen molar-refractivity contribution in [2.45, 2.75) is 17.2 Å². The molecule has 0 spiro atoms. The van der Waals surface area contributed by atoms with Crippen LogP contribution < -0.4 is 0 Å². The van der Waals surface area contributed by atoms with Gasteiger partial charge >= 0.3 is 12.4 Å². The number of nitro benzene ring substituents is 1. The van der Waals surface area contributed by atoms with Gasteiger partial charge in [-0.2, -0.15) is 26.3 Å². The van der Waals surface area contributed by atoms with Crippen molar-refractivity contribution >= 4 is 42.7 Å². The number of alkyl halides is 6. The van der Waals surface area contributed by atoms with Crippen molar-refractivity contribution in [3.05, 3.63) is 62.4 Å². The highest BCUT2D eigenvalue weighted by molar-refractivity contribution is 9.10. The Bertz CT molecular complexity index is 1280. The number of hydrogen-bond acceptors (Lipinski definition) is 5. The standard InChI is InChI=1S/C15H6BrF6N3O4S/c16-8-2-1-3-9(6-8)30(28,29)24-10-4-7(14(17,18)19)5-11(25(26)27)12(10)23-13(24)15(20,21)22/h1-6H. The molecule has 7 nitrogen and oxygen atoms in total. The second-order valence-corrected chi connectivity index (χ2v) is 8.48. The second kappa shape index (κ2) is 6.94. The van der Waals surface area contributed by atoms with E-state index in [2.05, 4.69) is 20.9 Å². The van der Waals surface area contributed by atoms with Crippen LogP contribution in [0.3, 0.4) is 0 Å². The van der Waals surface area contributed by atoms with E-state index in [1.807, 2.05) is 0 Å². The molecule has 1 aromatic heterocycles. The summed E-state index contributed by atoms with van der Waals surface area (Å²) >= 11 is 2.94. The van der Waals surface area contributed by atoms with Crippen LogP contribution in [0.4, 0.5) is 32.0 Å². The molecule has 30 heavy (non-hydrogen) atoms. The molecule has 0 radical (unpaired) electrons. The lowest BCUT2D eigenvalue weighted by Crippen LogP contribution is -2.22. The second-order valence-electron chi connectivity index (χ2n) is 5.78. The maximum atomic E-state index is 13.5. The normalized spacial score (nSPS) is 13.0. The van der Waals surface area contributed by atoms with Gasteiger partial charge in [0.2, 0.25) is 5.82 Å². The first-order valence-corrected chi connectivity index (χ1v) is 9.74. The van der Waals surface area contributed by atoms with E-state index in [1.165, 1.54) is 12.1 Å². The SMILES string of the molecule is O=[N+]([O-])c1cc(C(F)(F)F)cc2c1nc(C(F)(F)F)n2S(=O)(=O)c1cccc(Br)c1. The monoisotopic (exact) mass is 517 g/mol. The maximum absolute atomic E-state index is 13.5. The van der Waals surface area contributed by atoms with Crippen molar-refractivity contribution in [3.63, 3.8) is 0 Å². The minimum absolute atomic E-state index is 0.00838. The highest BCUT2D eigenvalue weighted by atomic mass is 79.9. The topological polar surface area (TPSA) is 95.1 Å². The van der Waals surface area contributed by atoms with Gasteiger partial charge in [-0.05, 0) is 24.3 Å². The molecule has 3 aromatic rings. The van der Waals surface area contributed by atoms with E-state index in [4.69, 9.17) is 0 Å². The third kappa shape index (κ3) is 3.74. The Labute approximate surface area is 171 Å². The number of benzene rings is 2. The molecule has 0 aliphatic carbocycles. The fraction of sp³-hybridized carbons (Fsp3) is 0.133. The van der Waals surface area contributed by atoms with E-state index in [1.54, 1.807) is 0 Å². The Balaban J connectivity index is 2.54. The molecule has 15 heteroatoms. The van der Waals surface area contributed by atoms with Gasteiger partial charge in [-0.25, -0.2) is 17.4 Å². The first kappa shape index (κ1) is 22.0. The van der Waals surface area contributed by atoms with E-state index in [0.29, 0.717) is 0 Å². The van der Waals surface area contributed by atoms with Crippen LogP contribution in [-0.4, -0.2) is 22.3 Å². The number of non-ortho nitro benzene ring substituents is 1. The lowest BCUT2D eigenvalue weighted by Gasteiger charge is -2.13. The van der Waals surface area contributed by atoms with Gasteiger partial charge in [0.05, 0.1) is 20.9 Å². The van der Waals surface area contributed by atoms with Crippen molar-refractivity contribution in [3.8, 4) is 0 Å². The van der Waals surface area contributed by atoms with E-state index in [0.717, 1.165) is 12.1 Å². The zero-order chi connectivity index (χ0) is 22.6. The molecule has 0 aliphatic heterocycles. The number of nitrogens with zero attached hydrogens (tertiary/aromatic N) is 3. The number of fused-ring (bicyclic) bond motifs is 1. The molecule has 2 aromatic carbocycles. The number of aromatic nitrogens is 2. The summed E-state index contributed by atoms with van der Waals surface area (Å²) in [5, 5.41) is 11.2. The Hall–Kier alpha value is -2.68. The highest BCUT2D eigenvalue weighted by Crippen LogP contribution is 2.40. The summed E-state index contributed by atoms with van der Waals surface area (Å²) in [7, 11) is -5.15. The summed E-state index contributed by atoms with van der Waals surface area (Å²) in [4.78, 5) is 12.1. The summed E-state index contributed by atoms with van der Waals surface area (Å²) in [5.41, 5.74) is -5.52. The van der Waals surface area contributed by atoms with Gasteiger partial charge in [-0.1, -0.05) is 22.0 Å². The molecule has 0 fully saturated rings. The third-order valence-corrected chi connectivity index (χ3v) is 6.00. The average molecular weight is 518 g/mol. The molecule has 1 heterocycles. The van der Waals surface area contributed by atoms with E-state index >= 15 is 0 Å². The van der Waals surface area contributed by atoms with Crippen molar-refractivity contribution in [1.82, 2.24) is 8.96 Å². The smallest absolute Gasteiger partial charge is 0.258 e. The summed E-state index contributed by atoms with van der Waals surface area (Å²) in [6, 6.07) is 4.43. The summed E-state index contributed by atoms with van der Waals surface area (Å²) in [6.45, 7) is 0. The number of rotatable bonds is 3. The van der Waals surface area contributed by atoms with Crippen molar-refractivity contribution in [2.75, 3.05) is 0 Å². The van der Waals surface area contributed by atoms with Gasteiger partial charge in [-0.15, -0.1) is 0 Å². The largest absolute Gasteiger partial charge is 0.450 e. The molecule has 3 rings (SSSR count). The lowest BCUT2D eigenvalue weighted by atomic mass is 10.1. The van der Waals surface area contributed by atoms with E-state index in [9.17, 15) is 44.9 Å². The number of halogens is 7. The molecule has 0 saturated heterocycles. The minimum Gasteiger partial charge on any atom is -0.258 e. The lowest BCUT2D eigenvalue weighted by molar-refractivity contribution is -0.383. The first-order chi connectivity index (χ1) is 13.6. The molecule has 160 valence electrons. The predicted octanol–water partition coefficient (Wildman–Crippen LogP) is 4.98. The van der Waals surface area contributed by atoms with Gasteiger partial charge < -0.3 is 0 Å².